The van der Waals surface area contributed by atoms with E-state index in [1.54, 1.807) is 6.92 Å². The summed E-state index contributed by atoms with van der Waals surface area (Å²) in [7, 11) is 1.45. The molecule has 0 heterocycles. The third-order valence-electron chi connectivity index (χ3n) is 3.78. The number of carboxylic acid groups (broad SMARTS) is 1. The number of carbonyl (C=O) groups excluding carboxylic acids is 2. The van der Waals surface area contributed by atoms with Gasteiger partial charge in [0.25, 0.3) is 0 Å². The lowest BCUT2D eigenvalue weighted by Crippen LogP contribution is -2.53. The van der Waals surface area contributed by atoms with Crippen LogP contribution in [-0.2, 0) is 9.59 Å². The second kappa shape index (κ2) is 7.12. The van der Waals surface area contributed by atoms with Crippen LogP contribution in [0.15, 0.2) is 0 Å². The summed E-state index contributed by atoms with van der Waals surface area (Å²) in [6.07, 6.45) is 3.99. The molecule has 0 aromatic rings. The first-order chi connectivity index (χ1) is 9.38. The molecule has 0 aliphatic heterocycles. The van der Waals surface area contributed by atoms with Gasteiger partial charge in [0.15, 0.2) is 0 Å². The van der Waals surface area contributed by atoms with Crippen molar-refractivity contribution in [3.8, 4) is 0 Å². The van der Waals surface area contributed by atoms with Crippen molar-refractivity contribution in [1.82, 2.24) is 9.80 Å². The van der Waals surface area contributed by atoms with Gasteiger partial charge < -0.3 is 20.6 Å². The molecule has 0 saturated heterocycles. The van der Waals surface area contributed by atoms with Crippen molar-refractivity contribution < 1.29 is 19.5 Å². The van der Waals surface area contributed by atoms with Crippen molar-refractivity contribution in [3.05, 3.63) is 0 Å². The molecule has 0 bridgehead atoms. The fraction of sp³-hybridized carbons (Fsp3) is 0.769. The maximum atomic E-state index is 12.5. The summed E-state index contributed by atoms with van der Waals surface area (Å²) >= 11 is 0. The van der Waals surface area contributed by atoms with Gasteiger partial charge in [-0.05, 0) is 19.3 Å². The number of aliphatic carboxylic acids is 1. The van der Waals surface area contributed by atoms with Crippen LogP contribution in [0.4, 0.5) is 4.79 Å². The molecule has 0 aromatic carbocycles. The van der Waals surface area contributed by atoms with Crippen molar-refractivity contribution in [1.29, 1.82) is 0 Å². The second-order valence-corrected chi connectivity index (χ2v) is 5.19. The fourth-order valence-electron chi connectivity index (χ4n) is 2.69. The number of hydrogen-bond acceptors (Lipinski definition) is 3. The Morgan fingerprint density at radius 1 is 1.30 bits per heavy atom. The van der Waals surface area contributed by atoms with Crippen molar-refractivity contribution in [2.24, 2.45) is 5.73 Å². The minimum atomic E-state index is -1.05. The number of nitrogens with two attached hydrogens (primary N) is 1. The number of carbonyl (C=O) groups is 3. The first-order valence-corrected chi connectivity index (χ1v) is 6.93. The van der Waals surface area contributed by atoms with Crippen LogP contribution in [0.1, 0.15) is 39.0 Å². The minimum absolute atomic E-state index is 0.0243. The van der Waals surface area contributed by atoms with Gasteiger partial charge in [-0.25, -0.2) is 9.59 Å². The Hall–Kier alpha value is -1.79. The van der Waals surface area contributed by atoms with E-state index in [0.29, 0.717) is 6.42 Å². The number of rotatable bonds is 6. The quantitative estimate of drug-likeness (QED) is 0.747. The predicted octanol–water partition coefficient (Wildman–Crippen LogP) is 0.631. The predicted molar refractivity (Wildman–Crippen MR) is 73.0 cm³/mol. The van der Waals surface area contributed by atoms with Gasteiger partial charge in [-0.15, -0.1) is 0 Å². The topological polar surface area (TPSA) is 104 Å². The van der Waals surface area contributed by atoms with Crippen molar-refractivity contribution in [2.45, 2.75) is 51.1 Å². The Kier molecular flexibility index (Phi) is 5.79. The largest absolute Gasteiger partial charge is 0.480 e. The summed E-state index contributed by atoms with van der Waals surface area (Å²) in [6, 6.07) is -1.35. The Balaban J connectivity index is 2.85. The summed E-state index contributed by atoms with van der Waals surface area (Å²) < 4.78 is 0. The maximum Gasteiger partial charge on any atom is 0.326 e. The van der Waals surface area contributed by atoms with Gasteiger partial charge in [-0.1, -0.05) is 19.8 Å². The molecule has 0 aromatic heterocycles. The molecule has 1 saturated carbocycles. The van der Waals surface area contributed by atoms with Crippen molar-refractivity contribution in [2.75, 3.05) is 13.6 Å². The highest BCUT2D eigenvalue weighted by molar-refractivity contribution is 5.86. The normalized spacial score (nSPS) is 16.7. The average Bonchev–Trinajstić information content (AvgIpc) is 2.88. The molecule has 1 unspecified atom stereocenters. The van der Waals surface area contributed by atoms with Gasteiger partial charge >= 0.3 is 12.0 Å². The first kappa shape index (κ1) is 16.3. The number of amides is 3. The molecule has 1 fully saturated rings. The molecule has 20 heavy (non-hydrogen) atoms. The lowest BCUT2D eigenvalue weighted by atomic mass is 10.2. The molecule has 1 aliphatic carbocycles. The highest BCUT2D eigenvalue weighted by Crippen LogP contribution is 2.24. The first-order valence-electron chi connectivity index (χ1n) is 6.93. The van der Waals surface area contributed by atoms with E-state index in [0.717, 1.165) is 25.7 Å². The van der Waals surface area contributed by atoms with E-state index in [1.165, 1.54) is 16.8 Å². The van der Waals surface area contributed by atoms with Crippen molar-refractivity contribution >= 4 is 17.9 Å². The zero-order valence-corrected chi connectivity index (χ0v) is 12.0. The van der Waals surface area contributed by atoms with Gasteiger partial charge in [0.1, 0.15) is 12.6 Å². The molecule has 7 heteroatoms. The highest BCUT2D eigenvalue weighted by Gasteiger charge is 2.33. The smallest absolute Gasteiger partial charge is 0.326 e. The molecule has 1 rings (SSSR count). The number of hydrogen-bond donors (Lipinski definition) is 2. The van der Waals surface area contributed by atoms with Crippen LogP contribution in [0.5, 0.6) is 0 Å². The third-order valence-corrected chi connectivity index (χ3v) is 3.78. The van der Waals surface area contributed by atoms with Crippen LogP contribution >= 0.6 is 0 Å². The summed E-state index contributed by atoms with van der Waals surface area (Å²) in [5.41, 5.74) is 5.20. The molecule has 1 aliphatic rings. The SMILES string of the molecule is CCC(C(=O)O)N(C)C(=O)N(CC(N)=O)C1CCCC1. The monoisotopic (exact) mass is 285 g/mol. The lowest BCUT2D eigenvalue weighted by Gasteiger charge is -2.34. The van der Waals surface area contributed by atoms with Crippen LogP contribution in [0.2, 0.25) is 0 Å². The fourth-order valence-corrected chi connectivity index (χ4v) is 2.69. The molecular weight excluding hydrogens is 262 g/mol. The standard InChI is InChI=1S/C13H23N3O4/c1-3-10(12(18)19)15(2)13(20)16(8-11(14)17)9-6-4-5-7-9/h9-10H,3-8H2,1-2H3,(H2,14,17)(H,18,19). The van der Waals surface area contributed by atoms with Crippen molar-refractivity contribution in [3.63, 3.8) is 0 Å². The molecule has 1 atom stereocenters. The second-order valence-electron chi connectivity index (χ2n) is 5.19. The van der Waals surface area contributed by atoms with E-state index in [2.05, 4.69) is 0 Å². The molecule has 7 nitrogen and oxygen atoms in total. The van der Waals surface area contributed by atoms with Crippen LogP contribution < -0.4 is 5.73 Å². The van der Waals surface area contributed by atoms with E-state index in [9.17, 15) is 14.4 Å². The third kappa shape index (κ3) is 3.85. The van der Waals surface area contributed by atoms with E-state index in [-0.39, 0.29) is 12.6 Å². The zero-order valence-electron chi connectivity index (χ0n) is 12.0. The van der Waals surface area contributed by atoms with Crippen LogP contribution in [0, 0.1) is 0 Å². The molecular formula is C13H23N3O4. The van der Waals surface area contributed by atoms with Gasteiger partial charge in [-0.2, -0.15) is 0 Å². The van der Waals surface area contributed by atoms with E-state index in [4.69, 9.17) is 10.8 Å². The minimum Gasteiger partial charge on any atom is -0.480 e. The number of urea groups is 1. The molecule has 0 spiro atoms. The average molecular weight is 285 g/mol. The van der Waals surface area contributed by atoms with Gasteiger partial charge in [0, 0.05) is 13.1 Å². The molecule has 3 N–H and O–H groups in total. The van der Waals surface area contributed by atoms with Gasteiger partial charge in [-0.3, -0.25) is 4.79 Å². The van der Waals surface area contributed by atoms with E-state index < -0.39 is 23.9 Å². The molecule has 3 amide bonds. The van der Waals surface area contributed by atoms with E-state index in [1.807, 2.05) is 0 Å². The Morgan fingerprint density at radius 2 is 1.85 bits per heavy atom. The van der Waals surface area contributed by atoms with E-state index >= 15 is 0 Å². The summed E-state index contributed by atoms with van der Waals surface area (Å²) in [4.78, 5) is 37.4. The molecule has 114 valence electrons. The number of nitrogens with zero attached hydrogens (tertiary/aromatic N) is 2. The zero-order chi connectivity index (χ0) is 15.3. The van der Waals surface area contributed by atoms with Crippen LogP contribution in [0.3, 0.4) is 0 Å². The number of carboxylic acids is 1. The lowest BCUT2D eigenvalue weighted by molar-refractivity contribution is -0.142. The molecule has 0 radical (unpaired) electrons. The van der Waals surface area contributed by atoms with Gasteiger partial charge in [0.2, 0.25) is 5.91 Å². The Bertz CT molecular complexity index is 380. The number of likely N-dealkylation sites (N-methyl/N-ethyl adjacent to an activating group) is 1. The summed E-state index contributed by atoms with van der Waals surface area (Å²) in [6.45, 7) is 1.54. The Labute approximate surface area is 118 Å². The number of primary amides is 1. The van der Waals surface area contributed by atoms with Crippen LogP contribution in [0.25, 0.3) is 0 Å². The maximum absolute atomic E-state index is 12.5. The van der Waals surface area contributed by atoms with Crippen LogP contribution in [-0.4, -0.2) is 58.5 Å². The summed E-state index contributed by atoms with van der Waals surface area (Å²) in [5.74, 6) is -1.63. The summed E-state index contributed by atoms with van der Waals surface area (Å²) in [5, 5.41) is 9.12. The Morgan fingerprint density at radius 3 is 2.25 bits per heavy atom. The van der Waals surface area contributed by atoms with Gasteiger partial charge in [0.05, 0.1) is 0 Å². The highest BCUT2D eigenvalue weighted by atomic mass is 16.4.